The molecule has 0 aliphatic carbocycles. The molecular weight excluding hydrogens is 629 g/mol. The van der Waals surface area contributed by atoms with Gasteiger partial charge in [-0.1, -0.05) is 163 Å². The lowest BCUT2D eigenvalue weighted by atomic mass is 9.84. The topological polar surface area (TPSA) is 13.1 Å². The lowest BCUT2D eigenvalue weighted by Gasteiger charge is -2.19. The minimum Gasteiger partial charge on any atom is -0.455 e. The molecule has 0 spiro atoms. The maximum absolute atomic E-state index is 9.72. The van der Waals surface area contributed by atoms with E-state index in [0.717, 1.165) is 0 Å². The molecule has 0 aliphatic heterocycles. The van der Waals surface area contributed by atoms with Gasteiger partial charge in [0.1, 0.15) is 11.2 Å². The Labute approximate surface area is 343 Å². The van der Waals surface area contributed by atoms with E-state index in [1.165, 1.54) is 0 Å². The summed E-state index contributed by atoms with van der Waals surface area (Å²) in [6, 6.07) is -26.8. The highest BCUT2D eigenvalue weighted by molar-refractivity contribution is 6.24. The Morgan fingerprint density at radius 3 is 1.79 bits per heavy atom. The fourth-order valence-electron chi connectivity index (χ4n) is 6.68. The third kappa shape index (κ3) is 4.36. The van der Waals surface area contributed by atoms with E-state index >= 15 is 0 Å². The van der Waals surface area contributed by atoms with Gasteiger partial charge in [0.15, 0.2) is 0 Å². The van der Waals surface area contributed by atoms with E-state index in [0.29, 0.717) is 0 Å². The maximum atomic E-state index is 9.72. The second-order valence-electron chi connectivity index (χ2n) is 11.6. The highest BCUT2D eigenvalue weighted by atomic mass is 16.3. The smallest absolute Gasteiger partial charge is 0.143 e. The van der Waals surface area contributed by atoms with Crippen LogP contribution >= 0.6 is 0 Å². The van der Waals surface area contributed by atoms with E-state index in [2.05, 4.69) is 0 Å². The van der Waals surface area contributed by atoms with Gasteiger partial charge < -0.3 is 4.42 Å². The van der Waals surface area contributed by atoms with Gasteiger partial charge in [-0.25, -0.2) is 0 Å². The van der Waals surface area contributed by atoms with Gasteiger partial charge in [0.25, 0.3) is 0 Å². The zero-order chi connectivity index (χ0) is 60.3. The summed E-state index contributed by atoms with van der Waals surface area (Å²) in [6.45, 7) is 0. The van der Waals surface area contributed by atoms with E-state index in [1.807, 2.05) is 0 Å². The molecule has 0 saturated carbocycles. The number of benzene rings is 10. The van der Waals surface area contributed by atoms with Crippen molar-refractivity contribution in [1.82, 2.24) is 0 Å². The average molecular weight is 691 g/mol. The Kier molecular flexibility index (Phi) is 2.68. The van der Waals surface area contributed by atoms with Crippen molar-refractivity contribution in [2.45, 2.75) is 6.42 Å². The first kappa shape index (κ1) is 12.2. The van der Waals surface area contributed by atoms with Crippen molar-refractivity contribution in [2.75, 3.05) is 0 Å². The van der Waals surface area contributed by atoms with Crippen molar-refractivity contribution in [3.05, 3.63) is 192 Å². The largest absolute Gasteiger partial charge is 0.455 e. The molecule has 11 rings (SSSR count). The number of furan rings is 1. The minimum atomic E-state index is -1.01. The molecule has 52 heavy (non-hydrogen) atoms. The SMILES string of the molecule is [2H]c1c([2H])c(-c2c3c([2H])c([2H])c([2H])c([2H])c3c(Cc3c([2H])c([2H])c(-c4c([2H])c([2H])c5c([2H])c([2H])c([2H])c([2H])c5c4[2H])c4c([2H])c([2H])c([2H])c([2H])c34)c3c([2H])c([2H])c([2H])c([2H])c23)c2c(oc3c4c([2H])c([2H])c([2H])c([2H])c4c([2H])c([2H])c32)c1[2H]. The summed E-state index contributed by atoms with van der Waals surface area (Å²) in [5, 5.41) is -6.99. The second-order valence-corrected chi connectivity index (χ2v) is 11.6. The molecule has 0 atom stereocenters. The van der Waals surface area contributed by atoms with Crippen LogP contribution in [0, 0.1) is 0 Å². The molecule has 0 saturated heterocycles. The molecule has 1 heteroatoms. The summed E-state index contributed by atoms with van der Waals surface area (Å²) in [6.07, 6.45) is -1.01. The van der Waals surface area contributed by atoms with Gasteiger partial charge in [-0.2, -0.15) is 0 Å². The Hall–Kier alpha value is -6.70. The van der Waals surface area contributed by atoms with E-state index in [4.69, 9.17) is 30.5 Å². The molecule has 1 nitrogen and oxygen atoms in total. The lowest BCUT2D eigenvalue weighted by Crippen LogP contribution is -1.97. The van der Waals surface area contributed by atoms with E-state index < -0.39 is 297 Å². The van der Waals surface area contributed by atoms with Crippen molar-refractivity contribution in [2.24, 2.45) is 0 Å². The maximum Gasteiger partial charge on any atom is 0.143 e. The molecule has 0 aliphatic rings. The van der Waals surface area contributed by atoms with Crippen LogP contribution in [0.3, 0.4) is 0 Å². The van der Waals surface area contributed by atoms with Gasteiger partial charge in [0, 0.05) is 16.2 Å². The lowest BCUT2D eigenvalue weighted by molar-refractivity contribution is 0.673. The number of hydrogen-bond donors (Lipinski definition) is 0. The molecule has 0 bridgehead atoms. The van der Waals surface area contributed by atoms with Crippen LogP contribution in [0.5, 0.6) is 0 Å². The van der Waals surface area contributed by atoms with E-state index in [1.54, 1.807) is 0 Å². The monoisotopic (exact) mass is 690 g/mol. The van der Waals surface area contributed by atoms with Crippen LogP contribution in [0.15, 0.2) is 186 Å². The summed E-state index contributed by atoms with van der Waals surface area (Å²) in [5.41, 5.74) is -5.03. The van der Waals surface area contributed by atoms with Gasteiger partial charge in [-0.05, 0) is 106 Å². The molecular formula is C51H32O. The molecule has 11 aromatic rings. The zero-order valence-corrected chi connectivity index (χ0v) is 26.1. The van der Waals surface area contributed by atoms with Crippen LogP contribution in [0.4, 0.5) is 0 Å². The van der Waals surface area contributed by atoms with Crippen LogP contribution in [0.1, 0.15) is 52.2 Å². The molecule has 1 heterocycles. The fraction of sp³-hybridized carbons (Fsp3) is 0.0196. The molecule has 0 fully saturated rings. The Morgan fingerprint density at radius 1 is 0.404 bits per heavy atom. The first-order chi connectivity index (χ1) is 38.3. The van der Waals surface area contributed by atoms with Crippen LogP contribution in [-0.4, -0.2) is 0 Å². The third-order valence-corrected chi connectivity index (χ3v) is 8.91. The Bertz CT molecular complexity index is 4870. The Morgan fingerprint density at radius 2 is 1.02 bits per heavy atom. The van der Waals surface area contributed by atoms with Crippen molar-refractivity contribution < 1.29 is 45.5 Å². The molecule has 10 aromatic carbocycles. The van der Waals surface area contributed by atoms with E-state index in [-0.39, 0.29) is 0 Å². The van der Waals surface area contributed by atoms with Crippen LogP contribution < -0.4 is 0 Å². The Balaban J connectivity index is 1.37. The predicted octanol–water partition coefficient (Wildman–Crippen LogP) is 14.3. The fourth-order valence-corrected chi connectivity index (χ4v) is 6.68. The molecule has 0 N–H and O–H groups in total. The molecule has 0 amide bonds. The van der Waals surface area contributed by atoms with Gasteiger partial charge in [0.05, 0.1) is 41.1 Å². The molecule has 242 valence electrons. The van der Waals surface area contributed by atoms with E-state index in [9.17, 15) is 15.1 Å². The molecule has 0 radical (unpaired) electrons. The van der Waals surface area contributed by atoms with Crippen molar-refractivity contribution in [1.29, 1.82) is 0 Å². The van der Waals surface area contributed by atoms with Gasteiger partial charge in [-0.3, -0.25) is 0 Å². The van der Waals surface area contributed by atoms with Gasteiger partial charge in [0.2, 0.25) is 0 Å². The van der Waals surface area contributed by atoms with Crippen molar-refractivity contribution >= 4 is 75.8 Å². The molecule has 0 unspecified atom stereocenters. The van der Waals surface area contributed by atoms with Crippen molar-refractivity contribution in [3.63, 3.8) is 0 Å². The van der Waals surface area contributed by atoms with Gasteiger partial charge in [-0.15, -0.1) is 0 Å². The third-order valence-electron chi connectivity index (χ3n) is 8.91. The van der Waals surface area contributed by atoms with Crippen LogP contribution in [0.2, 0.25) is 0 Å². The van der Waals surface area contributed by atoms with Gasteiger partial charge >= 0.3 is 0 Å². The quantitative estimate of drug-likeness (QED) is 0.168. The average Bonchev–Trinajstić information content (AvgIpc) is 3.33. The second kappa shape index (κ2) is 11.4. The summed E-state index contributed by atoms with van der Waals surface area (Å²) in [7, 11) is 0. The predicted molar refractivity (Wildman–Crippen MR) is 221 cm³/mol. The summed E-state index contributed by atoms with van der Waals surface area (Å²) < 4.78 is 278. The number of rotatable bonds is 4. The zero-order valence-electron chi connectivity index (χ0n) is 56.1. The molecule has 1 aromatic heterocycles. The summed E-state index contributed by atoms with van der Waals surface area (Å²) in [4.78, 5) is 0. The minimum absolute atomic E-state index is 0.460. The van der Waals surface area contributed by atoms with Crippen LogP contribution in [0.25, 0.3) is 98.1 Å². The highest BCUT2D eigenvalue weighted by Gasteiger charge is 2.21. The standard InChI is InChI=1S/C51H32O/c1-2-14-34-30-35(25-24-32(34)12-1)38-28-27-36(37-15-5-6-17-40(37)38)31-47-41-18-7-9-20-43(41)49(44-21-10-8-19-42(44)47)45-22-11-23-48-50(45)46-29-26-33-13-3-4-16-39(33)51(46)52-48/h1-30H,31H2/i1D,2D,3D,4D,5D,6D,7D,8D,9D,10D,11D,12D,13D,14D,15D,16D,17D,18D,19D,20D,21D,22D,23D,24D,25D,26D,27D,28D,29D,30D. The normalized spacial score (nSPS) is 20.0. The van der Waals surface area contributed by atoms with Crippen LogP contribution in [-0.2, 0) is 6.42 Å². The highest BCUT2D eigenvalue weighted by Crippen LogP contribution is 2.46. The number of fused-ring (bicyclic) bond motifs is 9. The first-order valence-electron chi connectivity index (χ1n) is 30.6. The van der Waals surface area contributed by atoms with Crippen molar-refractivity contribution in [3.8, 4) is 22.3 Å². The number of hydrogen-bond acceptors (Lipinski definition) is 1. The summed E-state index contributed by atoms with van der Waals surface area (Å²) in [5.74, 6) is 0. The summed E-state index contributed by atoms with van der Waals surface area (Å²) >= 11 is 0. The first-order valence-corrected chi connectivity index (χ1v) is 15.6.